The summed E-state index contributed by atoms with van der Waals surface area (Å²) in [6.45, 7) is -1.47. The first-order valence-electron chi connectivity index (χ1n) is 5.49. The molecule has 1 N–H and O–H groups in total. The van der Waals surface area contributed by atoms with Crippen molar-refractivity contribution in [2.24, 2.45) is 0 Å². The minimum absolute atomic E-state index is 0.00681. The van der Waals surface area contributed by atoms with Crippen LogP contribution in [0, 0.1) is 0 Å². The van der Waals surface area contributed by atoms with E-state index >= 15 is 0 Å². The zero-order chi connectivity index (χ0) is 14.4. The van der Waals surface area contributed by atoms with E-state index in [9.17, 15) is 23.1 Å². The van der Waals surface area contributed by atoms with Gasteiger partial charge in [-0.2, -0.15) is 8.78 Å². The van der Waals surface area contributed by atoms with Crippen LogP contribution >= 0.6 is 0 Å². The van der Waals surface area contributed by atoms with Gasteiger partial charge in [-0.05, 0) is 24.6 Å². The molecule has 0 aliphatic rings. The molecule has 0 aromatic heterocycles. The monoisotopic (exact) mass is 278 g/mol. The maximum atomic E-state index is 13.5. The minimum atomic E-state index is -2.97. The summed E-state index contributed by atoms with van der Waals surface area (Å²) in [6.07, 6.45) is -3.96. The lowest BCUT2D eigenvalue weighted by atomic mass is 10.1. The van der Waals surface area contributed by atoms with Gasteiger partial charge in [-0.25, -0.2) is 9.18 Å². The summed E-state index contributed by atoms with van der Waals surface area (Å²) in [5.41, 5.74) is 0.0576. The molecule has 1 aromatic carbocycles. The number of ether oxygens (including phenoxy) is 2. The SMILES string of the molecule is CCOC(=O)C(F)C(O)c1ccc(OC(F)F)cc1. The topological polar surface area (TPSA) is 55.8 Å². The van der Waals surface area contributed by atoms with E-state index in [0.717, 1.165) is 12.1 Å². The number of benzene rings is 1. The van der Waals surface area contributed by atoms with Gasteiger partial charge in [-0.15, -0.1) is 0 Å². The molecule has 19 heavy (non-hydrogen) atoms. The van der Waals surface area contributed by atoms with Crippen molar-refractivity contribution in [2.75, 3.05) is 6.61 Å². The van der Waals surface area contributed by atoms with Gasteiger partial charge in [0.2, 0.25) is 6.17 Å². The highest BCUT2D eigenvalue weighted by molar-refractivity contribution is 5.75. The summed E-state index contributed by atoms with van der Waals surface area (Å²) in [4.78, 5) is 11.1. The average Bonchev–Trinajstić information content (AvgIpc) is 2.37. The van der Waals surface area contributed by atoms with Crippen molar-refractivity contribution in [2.45, 2.75) is 25.8 Å². The largest absolute Gasteiger partial charge is 0.464 e. The Bertz CT molecular complexity index is 408. The van der Waals surface area contributed by atoms with E-state index in [1.807, 2.05) is 0 Å². The van der Waals surface area contributed by atoms with Crippen molar-refractivity contribution in [3.63, 3.8) is 0 Å². The molecule has 1 aromatic rings. The first kappa shape index (κ1) is 15.3. The number of carbonyl (C=O) groups is 1. The summed E-state index contributed by atoms with van der Waals surface area (Å²) in [6, 6.07) is 4.66. The predicted molar refractivity (Wildman–Crippen MR) is 59.6 cm³/mol. The fourth-order valence-electron chi connectivity index (χ4n) is 1.37. The lowest BCUT2D eigenvalue weighted by Crippen LogP contribution is -2.26. The van der Waals surface area contributed by atoms with Gasteiger partial charge in [0.25, 0.3) is 0 Å². The van der Waals surface area contributed by atoms with Gasteiger partial charge in [-0.3, -0.25) is 0 Å². The van der Waals surface area contributed by atoms with Gasteiger partial charge in [0.05, 0.1) is 6.61 Å². The van der Waals surface area contributed by atoms with E-state index in [1.165, 1.54) is 19.1 Å². The molecule has 2 atom stereocenters. The highest BCUT2D eigenvalue weighted by Crippen LogP contribution is 2.23. The third kappa shape index (κ3) is 4.44. The maximum absolute atomic E-state index is 13.5. The van der Waals surface area contributed by atoms with Crippen molar-refractivity contribution >= 4 is 5.97 Å². The van der Waals surface area contributed by atoms with Gasteiger partial charge in [-0.1, -0.05) is 12.1 Å². The number of alkyl halides is 3. The lowest BCUT2D eigenvalue weighted by molar-refractivity contribution is -0.153. The van der Waals surface area contributed by atoms with Crippen LogP contribution in [0.2, 0.25) is 0 Å². The molecule has 0 bridgehead atoms. The van der Waals surface area contributed by atoms with Crippen molar-refractivity contribution in [1.29, 1.82) is 0 Å². The predicted octanol–water partition coefficient (Wildman–Crippen LogP) is 2.22. The van der Waals surface area contributed by atoms with Crippen molar-refractivity contribution in [3.05, 3.63) is 29.8 Å². The van der Waals surface area contributed by atoms with Crippen LogP contribution in [-0.2, 0) is 9.53 Å². The maximum Gasteiger partial charge on any atom is 0.387 e. The van der Waals surface area contributed by atoms with Gasteiger partial charge in [0.1, 0.15) is 11.9 Å². The normalized spacial score (nSPS) is 14.0. The number of esters is 1. The molecule has 0 fully saturated rings. The van der Waals surface area contributed by atoms with Crippen LogP contribution in [0.5, 0.6) is 5.75 Å². The van der Waals surface area contributed by atoms with Crippen LogP contribution < -0.4 is 4.74 Å². The van der Waals surface area contributed by atoms with Crippen molar-refractivity contribution in [3.8, 4) is 5.75 Å². The fourth-order valence-corrected chi connectivity index (χ4v) is 1.37. The van der Waals surface area contributed by atoms with E-state index in [2.05, 4.69) is 9.47 Å². The Balaban J connectivity index is 2.71. The number of hydrogen-bond donors (Lipinski definition) is 1. The number of carbonyl (C=O) groups excluding carboxylic acids is 1. The van der Waals surface area contributed by atoms with E-state index in [0.29, 0.717) is 0 Å². The highest BCUT2D eigenvalue weighted by atomic mass is 19.3. The molecular formula is C12H13F3O4. The van der Waals surface area contributed by atoms with Crippen LogP contribution in [0.25, 0.3) is 0 Å². The standard InChI is InChI=1S/C12H13F3O4/c1-2-18-11(17)9(13)10(16)7-3-5-8(6-4-7)19-12(14)15/h3-6,9-10,12,16H,2H2,1H3. The zero-order valence-electron chi connectivity index (χ0n) is 10.1. The Hall–Kier alpha value is -1.76. The molecule has 2 unspecified atom stereocenters. The van der Waals surface area contributed by atoms with Crippen LogP contribution in [0.3, 0.4) is 0 Å². The van der Waals surface area contributed by atoms with E-state index in [-0.39, 0.29) is 17.9 Å². The number of halogens is 3. The van der Waals surface area contributed by atoms with E-state index in [1.54, 1.807) is 0 Å². The Morgan fingerprint density at radius 1 is 1.26 bits per heavy atom. The highest BCUT2D eigenvalue weighted by Gasteiger charge is 2.29. The molecule has 0 radical (unpaired) electrons. The van der Waals surface area contributed by atoms with Gasteiger partial charge in [0.15, 0.2) is 0 Å². The van der Waals surface area contributed by atoms with Crippen molar-refractivity contribution in [1.82, 2.24) is 0 Å². The Kier molecular flexibility index (Phi) is 5.62. The van der Waals surface area contributed by atoms with E-state index < -0.39 is 24.9 Å². The summed E-state index contributed by atoms with van der Waals surface area (Å²) >= 11 is 0. The first-order valence-corrected chi connectivity index (χ1v) is 5.49. The third-order valence-electron chi connectivity index (χ3n) is 2.24. The number of hydrogen-bond acceptors (Lipinski definition) is 4. The molecule has 0 aliphatic carbocycles. The molecule has 0 saturated heterocycles. The molecule has 106 valence electrons. The Labute approximate surface area is 107 Å². The first-order chi connectivity index (χ1) is 8.95. The second kappa shape index (κ2) is 6.98. The molecular weight excluding hydrogens is 265 g/mol. The second-order valence-electron chi connectivity index (χ2n) is 3.55. The minimum Gasteiger partial charge on any atom is -0.464 e. The van der Waals surface area contributed by atoms with Crippen LogP contribution in [0.4, 0.5) is 13.2 Å². The molecule has 0 amide bonds. The van der Waals surface area contributed by atoms with Gasteiger partial charge in [0, 0.05) is 0 Å². The molecule has 1 rings (SSSR count). The number of rotatable bonds is 6. The van der Waals surface area contributed by atoms with Crippen LogP contribution in [-0.4, -0.2) is 30.5 Å². The molecule has 0 saturated carbocycles. The fraction of sp³-hybridized carbons (Fsp3) is 0.417. The van der Waals surface area contributed by atoms with Crippen LogP contribution in [0.15, 0.2) is 24.3 Å². The average molecular weight is 278 g/mol. The summed E-state index contributed by atoms with van der Waals surface area (Å²) in [5, 5.41) is 9.59. The summed E-state index contributed by atoms with van der Waals surface area (Å²) < 4.78 is 45.8. The lowest BCUT2D eigenvalue weighted by Gasteiger charge is -2.15. The summed E-state index contributed by atoms with van der Waals surface area (Å²) in [7, 11) is 0. The van der Waals surface area contributed by atoms with Crippen LogP contribution in [0.1, 0.15) is 18.6 Å². The zero-order valence-corrected chi connectivity index (χ0v) is 10.1. The van der Waals surface area contributed by atoms with Gasteiger partial charge < -0.3 is 14.6 Å². The summed E-state index contributed by atoms with van der Waals surface area (Å²) in [5.74, 6) is -1.31. The molecule has 0 aliphatic heterocycles. The second-order valence-corrected chi connectivity index (χ2v) is 3.55. The molecule has 0 spiro atoms. The molecule has 4 nitrogen and oxygen atoms in total. The van der Waals surface area contributed by atoms with E-state index in [4.69, 9.17) is 0 Å². The van der Waals surface area contributed by atoms with Gasteiger partial charge >= 0.3 is 12.6 Å². The van der Waals surface area contributed by atoms with Crippen molar-refractivity contribution < 1.29 is 32.5 Å². The Morgan fingerprint density at radius 2 is 1.84 bits per heavy atom. The third-order valence-corrected chi connectivity index (χ3v) is 2.24. The quantitative estimate of drug-likeness (QED) is 0.811. The molecule has 0 heterocycles. The molecule has 7 heteroatoms. The number of aliphatic hydroxyl groups excluding tert-OH is 1. The Morgan fingerprint density at radius 3 is 2.32 bits per heavy atom. The number of aliphatic hydroxyl groups is 1. The smallest absolute Gasteiger partial charge is 0.387 e.